The van der Waals surface area contributed by atoms with Gasteiger partial charge < -0.3 is 14.9 Å². The van der Waals surface area contributed by atoms with Crippen molar-refractivity contribution in [1.29, 1.82) is 0 Å². The summed E-state index contributed by atoms with van der Waals surface area (Å²) in [5.41, 5.74) is 2.56. The molecule has 0 aliphatic rings. The lowest BCUT2D eigenvalue weighted by Gasteiger charge is -2.14. The van der Waals surface area contributed by atoms with Crippen LogP contribution < -0.4 is 4.74 Å². The first-order valence-corrected chi connectivity index (χ1v) is 11.7. The Labute approximate surface area is 173 Å². The van der Waals surface area contributed by atoms with Gasteiger partial charge >= 0.3 is 0 Å². The van der Waals surface area contributed by atoms with E-state index in [-0.39, 0.29) is 13.2 Å². The zero-order valence-corrected chi connectivity index (χ0v) is 18.4. The Morgan fingerprint density at radius 3 is 1.93 bits per heavy atom. The van der Waals surface area contributed by atoms with Crippen molar-refractivity contribution in [3.63, 3.8) is 0 Å². The van der Waals surface area contributed by atoms with E-state index in [1.165, 1.54) is 88.2 Å². The van der Waals surface area contributed by atoms with Crippen LogP contribution in [0.25, 0.3) is 0 Å². The lowest BCUT2D eigenvalue weighted by atomic mass is 10.0. The average Bonchev–Trinajstić information content (AvgIpc) is 2.73. The molecule has 1 aromatic rings. The molecule has 1 rings (SSSR count). The van der Waals surface area contributed by atoms with Crippen LogP contribution >= 0.6 is 0 Å². The van der Waals surface area contributed by atoms with E-state index >= 15 is 0 Å². The minimum Gasteiger partial charge on any atom is -0.491 e. The Kier molecular flexibility index (Phi) is 15.0. The summed E-state index contributed by atoms with van der Waals surface area (Å²) < 4.78 is 5.64. The number of unbranched alkanes of at least 4 members (excludes halogenated alkanes) is 11. The maximum absolute atomic E-state index is 9.44. The van der Waals surface area contributed by atoms with E-state index in [2.05, 4.69) is 26.0 Å². The highest BCUT2D eigenvalue weighted by Gasteiger charge is 2.07. The maximum Gasteiger partial charge on any atom is 0.122 e. The highest BCUT2D eigenvalue weighted by molar-refractivity contribution is 5.37. The molecule has 0 aromatic heterocycles. The molecule has 0 saturated heterocycles. The Morgan fingerprint density at radius 2 is 1.39 bits per heavy atom. The van der Waals surface area contributed by atoms with Gasteiger partial charge in [0.25, 0.3) is 0 Å². The number of aliphatic hydroxyl groups excluding tert-OH is 2. The van der Waals surface area contributed by atoms with Gasteiger partial charge in [-0.1, -0.05) is 96.6 Å². The first-order valence-electron chi connectivity index (χ1n) is 11.7. The minimum absolute atomic E-state index is 0.140. The van der Waals surface area contributed by atoms with Gasteiger partial charge in [0, 0.05) is 0 Å². The Morgan fingerprint density at radius 1 is 0.821 bits per heavy atom. The molecule has 2 N–H and O–H groups in total. The first kappa shape index (κ1) is 25.0. The van der Waals surface area contributed by atoms with Gasteiger partial charge in [-0.15, -0.1) is 0 Å². The molecule has 1 unspecified atom stereocenters. The topological polar surface area (TPSA) is 49.7 Å². The zero-order valence-electron chi connectivity index (χ0n) is 18.4. The van der Waals surface area contributed by atoms with Crippen LogP contribution in [0, 0.1) is 0 Å². The van der Waals surface area contributed by atoms with Crippen LogP contribution in [0.2, 0.25) is 0 Å². The fourth-order valence-electron chi connectivity index (χ4n) is 3.61. The second kappa shape index (κ2) is 16.9. The molecule has 0 fully saturated rings. The minimum atomic E-state index is -0.814. The Hall–Kier alpha value is -1.06. The van der Waals surface area contributed by atoms with E-state index in [0.29, 0.717) is 0 Å². The van der Waals surface area contributed by atoms with Gasteiger partial charge in [-0.05, 0) is 36.5 Å². The fraction of sp³-hybridized carbons (Fsp3) is 0.760. The van der Waals surface area contributed by atoms with E-state index in [9.17, 15) is 5.11 Å². The summed E-state index contributed by atoms with van der Waals surface area (Å²) >= 11 is 0. The molecule has 0 aliphatic heterocycles. The Bertz CT molecular complexity index is 487. The van der Waals surface area contributed by atoms with Gasteiger partial charge in [0.15, 0.2) is 0 Å². The molecule has 0 radical (unpaired) electrons. The van der Waals surface area contributed by atoms with Crippen molar-refractivity contribution in [2.75, 3.05) is 13.2 Å². The summed E-state index contributed by atoms with van der Waals surface area (Å²) in [5, 5.41) is 18.3. The van der Waals surface area contributed by atoms with E-state index < -0.39 is 6.10 Å². The monoisotopic (exact) mass is 392 g/mol. The smallest absolute Gasteiger partial charge is 0.122 e. The van der Waals surface area contributed by atoms with Crippen LogP contribution in [0.5, 0.6) is 5.75 Å². The zero-order chi connectivity index (χ0) is 20.5. The molecule has 3 heteroatoms. The van der Waals surface area contributed by atoms with Crippen molar-refractivity contribution < 1.29 is 14.9 Å². The van der Waals surface area contributed by atoms with Gasteiger partial charge in [-0.25, -0.2) is 0 Å². The molecule has 162 valence electrons. The van der Waals surface area contributed by atoms with Crippen molar-refractivity contribution in [2.45, 2.75) is 110 Å². The van der Waals surface area contributed by atoms with Crippen LogP contribution in [0.15, 0.2) is 18.2 Å². The van der Waals surface area contributed by atoms with Crippen LogP contribution in [-0.2, 0) is 12.8 Å². The lowest BCUT2D eigenvalue weighted by molar-refractivity contribution is 0.0533. The van der Waals surface area contributed by atoms with Gasteiger partial charge in [0.2, 0.25) is 0 Å². The second-order valence-electron chi connectivity index (χ2n) is 8.08. The SMILES string of the molecule is CCCCCCCCCCCCCCc1ccc(OCC(O)CO)c(CC)c1. The van der Waals surface area contributed by atoms with Crippen molar-refractivity contribution in [1.82, 2.24) is 0 Å². The standard InChI is InChI=1S/C25H44O3/c1-3-5-6-7-8-9-10-11-12-13-14-15-16-22-17-18-25(23(4-2)19-22)28-21-24(27)20-26/h17-19,24,26-27H,3-16,20-21H2,1-2H3. The summed E-state index contributed by atoms with van der Waals surface area (Å²) in [6, 6.07) is 6.39. The maximum atomic E-state index is 9.44. The second-order valence-corrected chi connectivity index (χ2v) is 8.08. The summed E-state index contributed by atoms with van der Waals surface area (Å²) in [6.07, 6.45) is 17.8. The van der Waals surface area contributed by atoms with E-state index in [0.717, 1.165) is 18.6 Å². The molecule has 1 aromatic carbocycles. The predicted molar refractivity (Wildman–Crippen MR) is 119 cm³/mol. The molecule has 0 bridgehead atoms. The van der Waals surface area contributed by atoms with Gasteiger partial charge in [-0.3, -0.25) is 0 Å². The highest BCUT2D eigenvalue weighted by atomic mass is 16.5. The normalized spacial score (nSPS) is 12.3. The molecule has 0 aliphatic carbocycles. The number of benzene rings is 1. The lowest BCUT2D eigenvalue weighted by Crippen LogP contribution is -2.21. The average molecular weight is 393 g/mol. The van der Waals surface area contributed by atoms with Crippen LogP contribution in [0.4, 0.5) is 0 Å². The molecular formula is C25H44O3. The molecule has 3 nitrogen and oxygen atoms in total. The summed E-state index contributed by atoms with van der Waals surface area (Å²) in [5.74, 6) is 0.827. The molecule has 1 atom stereocenters. The summed E-state index contributed by atoms with van der Waals surface area (Å²) in [7, 11) is 0. The largest absolute Gasteiger partial charge is 0.491 e. The van der Waals surface area contributed by atoms with Crippen molar-refractivity contribution in [3.05, 3.63) is 29.3 Å². The molecule has 0 spiro atoms. The molecule has 0 heterocycles. The predicted octanol–water partition coefficient (Wildman–Crippen LogP) is 6.22. The molecule has 0 saturated carbocycles. The van der Waals surface area contributed by atoms with E-state index in [1.807, 2.05) is 6.07 Å². The fourth-order valence-corrected chi connectivity index (χ4v) is 3.61. The van der Waals surface area contributed by atoms with Crippen molar-refractivity contribution >= 4 is 0 Å². The third kappa shape index (κ3) is 11.7. The number of hydrogen-bond acceptors (Lipinski definition) is 3. The number of hydrogen-bond donors (Lipinski definition) is 2. The summed E-state index contributed by atoms with van der Waals surface area (Å²) in [6.45, 7) is 4.28. The van der Waals surface area contributed by atoms with Crippen LogP contribution in [-0.4, -0.2) is 29.5 Å². The van der Waals surface area contributed by atoms with Gasteiger partial charge in [-0.2, -0.15) is 0 Å². The van der Waals surface area contributed by atoms with Gasteiger partial charge in [0.05, 0.1) is 6.61 Å². The Balaban J connectivity index is 2.12. The number of rotatable bonds is 18. The van der Waals surface area contributed by atoms with Crippen LogP contribution in [0.1, 0.15) is 102 Å². The molecular weight excluding hydrogens is 348 g/mol. The molecule has 0 amide bonds. The van der Waals surface area contributed by atoms with Crippen molar-refractivity contribution in [2.24, 2.45) is 0 Å². The third-order valence-corrected chi connectivity index (χ3v) is 5.47. The first-order chi connectivity index (χ1) is 13.7. The van der Waals surface area contributed by atoms with Crippen molar-refractivity contribution in [3.8, 4) is 5.75 Å². The van der Waals surface area contributed by atoms with Crippen LogP contribution in [0.3, 0.4) is 0 Å². The summed E-state index contributed by atoms with van der Waals surface area (Å²) in [4.78, 5) is 0. The number of aryl methyl sites for hydroxylation is 2. The third-order valence-electron chi connectivity index (χ3n) is 5.47. The van der Waals surface area contributed by atoms with E-state index in [1.54, 1.807) is 0 Å². The highest BCUT2D eigenvalue weighted by Crippen LogP contribution is 2.22. The quantitative estimate of drug-likeness (QED) is 0.291. The van der Waals surface area contributed by atoms with Gasteiger partial charge in [0.1, 0.15) is 18.5 Å². The van der Waals surface area contributed by atoms with E-state index in [4.69, 9.17) is 9.84 Å². The molecule has 28 heavy (non-hydrogen) atoms. The number of ether oxygens (including phenoxy) is 1. The number of aliphatic hydroxyl groups is 2.